The number of ether oxygens (including phenoxy) is 2. The highest BCUT2D eigenvalue weighted by Gasteiger charge is 2.09. The van der Waals surface area contributed by atoms with Crippen LogP contribution in [0.4, 0.5) is 0 Å². The first-order valence-corrected chi connectivity index (χ1v) is 11.9. The monoisotopic (exact) mass is 542 g/mol. The van der Waals surface area contributed by atoms with E-state index >= 15 is 0 Å². The third-order valence-corrected chi connectivity index (χ3v) is 5.20. The minimum atomic E-state index is -0.462. The Labute approximate surface area is 229 Å². The fourth-order valence-corrected chi connectivity index (χ4v) is 3.26. The summed E-state index contributed by atoms with van der Waals surface area (Å²) in [6.45, 7) is 7.09. The van der Waals surface area contributed by atoms with Crippen LogP contribution in [0.25, 0.3) is 22.8 Å². The molecule has 12 nitrogen and oxygen atoms in total. The van der Waals surface area contributed by atoms with Gasteiger partial charge in [0.05, 0.1) is 24.3 Å². The zero-order chi connectivity index (χ0) is 28.7. The lowest BCUT2D eigenvalue weighted by Gasteiger charge is -2.06. The number of hydrogen-bond acceptors (Lipinski definition) is 12. The second-order valence-electron chi connectivity index (χ2n) is 7.87. The van der Waals surface area contributed by atoms with Crippen molar-refractivity contribution in [3.63, 3.8) is 0 Å². The molecule has 2 aromatic carbocycles. The Kier molecular flexibility index (Phi) is 10.9. The Bertz CT molecular complexity index is 1340. The number of nitrogens with zero attached hydrogens (tertiary/aromatic N) is 6. The first-order chi connectivity index (χ1) is 19.4. The van der Waals surface area contributed by atoms with Crippen LogP contribution in [-0.4, -0.2) is 65.3 Å². The normalized spacial score (nSPS) is 10.0. The van der Waals surface area contributed by atoms with Crippen molar-refractivity contribution >= 4 is 11.9 Å². The third kappa shape index (κ3) is 8.80. The van der Waals surface area contributed by atoms with Gasteiger partial charge < -0.3 is 19.7 Å². The van der Waals surface area contributed by atoms with Crippen LogP contribution in [0.1, 0.15) is 11.1 Å². The molecule has 0 spiro atoms. The van der Waals surface area contributed by atoms with E-state index in [4.69, 9.17) is 9.47 Å². The fraction of sp³-hybridized carbons (Fsp3) is 0.143. The van der Waals surface area contributed by atoms with Gasteiger partial charge in [0.1, 0.15) is 36.8 Å². The zero-order valence-electron chi connectivity index (χ0n) is 21.4. The number of esters is 2. The van der Waals surface area contributed by atoms with Crippen molar-refractivity contribution in [3.8, 4) is 34.3 Å². The summed E-state index contributed by atoms with van der Waals surface area (Å²) in [5.41, 5.74) is 2.74. The van der Waals surface area contributed by atoms with Gasteiger partial charge in [0, 0.05) is 25.0 Å². The Morgan fingerprint density at radius 2 is 1.05 bits per heavy atom. The number of hydrogen-bond donors (Lipinski definition) is 2. The first-order valence-electron chi connectivity index (χ1n) is 11.9. The van der Waals surface area contributed by atoms with E-state index in [1.54, 1.807) is 24.3 Å². The molecule has 2 aromatic heterocycles. The quantitative estimate of drug-likeness (QED) is 0.222. The lowest BCUT2D eigenvalue weighted by molar-refractivity contribution is -0.138. The third-order valence-electron chi connectivity index (χ3n) is 5.20. The number of carbonyl (C=O) groups is 2. The molecule has 4 rings (SSSR count). The van der Waals surface area contributed by atoms with Gasteiger partial charge in [0.2, 0.25) is 0 Å². The highest BCUT2D eigenvalue weighted by molar-refractivity contribution is 5.81. The summed E-state index contributed by atoms with van der Waals surface area (Å²) in [7, 11) is 0. The second kappa shape index (κ2) is 15.0. The van der Waals surface area contributed by atoms with Crippen molar-refractivity contribution in [2.45, 2.75) is 12.8 Å². The van der Waals surface area contributed by atoms with E-state index < -0.39 is 11.9 Å². The maximum absolute atomic E-state index is 10.9. The Morgan fingerprint density at radius 1 is 0.675 bits per heavy atom. The average molecular weight is 543 g/mol. The number of phenolic OH excluding ortho intramolecular Hbond substituents is 2. The molecule has 0 unspecified atom stereocenters. The summed E-state index contributed by atoms with van der Waals surface area (Å²) in [5.74, 6) is 0.0313. The highest BCUT2D eigenvalue weighted by atomic mass is 16.5. The molecule has 0 radical (unpaired) electrons. The van der Waals surface area contributed by atoms with Crippen molar-refractivity contribution in [3.05, 3.63) is 98.1 Å². The van der Waals surface area contributed by atoms with Crippen molar-refractivity contribution < 1.29 is 29.3 Å². The number of rotatable bonds is 10. The van der Waals surface area contributed by atoms with Gasteiger partial charge in [-0.15, -0.1) is 0 Å². The maximum atomic E-state index is 10.9. The summed E-state index contributed by atoms with van der Waals surface area (Å²) in [4.78, 5) is 45.1. The first kappa shape index (κ1) is 29.0. The van der Waals surface area contributed by atoms with E-state index in [0.717, 1.165) is 23.3 Å². The molecule has 0 saturated heterocycles. The van der Waals surface area contributed by atoms with Crippen LogP contribution in [0.15, 0.2) is 87.0 Å². The van der Waals surface area contributed by atoms with Gasteiger partial charge in [-0.1, -0.05) is 25.3 Å². The Hall–Kier alpha value is -5.52. The molecule has 204 valence electrons. The van der Waals surface area contributed by atoms with E-state index in [9.17, 15) is 19.8 Å². The minimum Gasteiger partial charge on any atom is -0.507 e. The lowest BCUT2D eigenvalue weighted by Crippen LogP contribution is -2.04. The standard InChI is InChI=1S/2C14H13N3O3/c2*1-2-13(19)20-6-5-10-3-4-11(12(18)7-10)14-16-8-15-9-17-14/h2*2-4,7-9,18H,1,5-6H2. The molecule has 2 heterocycles. The van der Waals surface area contributed by atoms with Crippen LogP contribution >= 0.6 is 0 Å². The largest absolute Gasteiger partial charge is 0.507 e. The van der Waals surface area contributed by atoms with Crippen molar-refractivity contribution in [2.24, 2.45) is 0 Å². The number of carbonyl (C=O) groups excluding carboxylic acids is 2. The maximum Gasteiger partial charge on any atom is 0.330 e. The molecule has 0 aliphatic carbocycles. The molecular weight excluding hydrogens is 516 g/mol. The smallest absolute Gasteiger partial charge is 0.330 e. The molecule has 0 aliphatic rings. The molecule has 0 saturated carbocycles. The predicted octanol–water partition coefficient (Wildman–Crippen LogP) is 3.03. The SMILES string of the molecule is C=CC(=O)OCCc1ccc(-c2ncncn2)c(O)c1.C=CC(=O)OCCc1ccc(-c2ncncn2)c(O)c1. The van der Waals surface area contributed by atoms with Crippen LogP contribution in [0.3, 0.4) is 0 Å². The van der Waals surface area contributed by atoms with Crippen LogP contribution in [-0.2, 0) is 31.9 Å². The number of phenols is 2. The Morgan fingerprint density at radius 3 is 1.38 bits per heavy atom. The molecule has 0 amide bonds. The topological polar surface area (TPSA) is 170 Å². The van der Waals surface area contributed by atoms with Gasteiger partial charge in [-0.3, -0.25) is 0 Å². The van der Waals surface area contributed by atoms with Crippen LogP contribution in [0.5, 0.6) is 11.5 Å². The molecular formula is C28H26N6O6. The fourth-order valence-electron chi connectivity index (χ4n) is 3.26. The molecule has 0 aliphatic heterocycles. The molecule has 40 heavy (non-hydrogen) atoms. The molecule has 12 heteroatoms. The predicted molar refractivity (Wildman–Crippen MR) is 144 cm³/mol. The summed E-state index contributed by atoms with van der Waals surface area (Å²) in [6, 6.07) is 10.3. The van der Waals surface area contributed by atoms with Crippen LogP contribution in [0.2, 0.25) is 0 Å². The van der Waals surface area contributed by atoms with Gasteiger partial charge >= 0.3 is 11.9 Å². The molecule has 0 bridgehead atoms. The average Bonchev–Trinajstić information content (AvgIpc) is 2.98. The minimum absolute atomic E-state index is 0.0729. The van der Waals surface area contributed by atoms with E-state index in [2.05, 4.69) is 43.1 Å². The highest BCUT2D eigenvalue weighted by Crippen LogP contribution is 2.28. The summed E-state index contributed by atoms with van der Waals surface area (Å²) in [6.07, 6.45) is 8.70. The van der Waals surface area contributed by atoms with Crippen molar-refractivity contribution in [1.82, 2.24) is 29.9 Å². The number of aromatic nitrogens is 6. The van der Waals surface area contributed by atoms with Gasteiger partial charge in [-0.2, -0.15) is 0 Å². The van der Waals surface area contributed by atoms with Crippen LogP contribution < -0.4 is 0 Å². The number of benzene rings is 2. The molecule has 0 atom stereocenters. The Balaban J connectivity index is 0.000000220. The molecule has 2 N–H and O–H groups in total. The second-order valence-corrected chi connectivity index (χ2v) is 7.87. The van der Waals surface area contributed by atoms with Crippen molar-refractivity contribution in [2.75, 3.05) is 13.2 Å². The van der Waals surface area contributed by atoms with Crippen molar-refractivity contribution in [1.29, 1.82) is 0 Å². The van der Waals surface area contributed by atoms with Gasteiger partial charge in [0.15, 0.2) is 11.6 Å². The summed E-state index contributed by atoms with van der Waals surface area (Å²) < 4.78 is 9.76. The van der Waals surface area contributed by atoms with Crippen LogP contribution in [0, 0.1) is 0 Å². The van der Waals surface area contributed by atoms with E-state index in [1.807, 2.05) is 12.1 Å². The van der Waals surface area contributed by atoms with E-state index in [1.165, 1.54) is 25.3 Å². The van der Waals surface area contributed by atoms with Gasteiger partial charge in [-0.05, 0) is 35.4 Å². The number of aromatic hydroxyl groups is 2. The molecule has 4 aromatic rings. The summed E-state index contributed by atoms with van der Waals surface area (Å²) >= 11 is 0. The van der Waals surface area contributed by atoms with Gasteiger partial charge in [0.25, 0.3) is 0 Å². The zero-order valence-corrected chi connectivity index (χ0v) is 21.4. The molecule has 0 fully saturated rings. The summed E-state index contributed by atoms with van der Waals surface area (Å²) in [5, 5.41) is 20.0. The van der Waals surface area contributed by atoms with Gasteiger partial charge in [-0.25, -0.2) is 39.5 Å². The van der Waals surface area contributed by atoms with E-state index in [0.29, 0.717) is 35.6 Å². The lowest BCUT2D eigenvalue weighted by atomic mass is 10.1. The van der Waals surface area contributed by atoms with E-state index in [-0.39, 0.29) is 24.7 Å².